The van der Waals surface area contributed by atoms with E-state index in [4.69, 9.17) is 9.47 Å². The summed E-state index contributed by atoms with van der Waals surface area (Å²) in [6, 6.07) is 5.48. The van der Waals surface area contributed by atoms with Crippen molar-refractivity contribution in [2.45, 2.75) is 37.9 Å². The van der Waals surface area contributed by atoms with Crippen LogP contribution in [0.5, 0.6) is 11.5 Å². The second-order valence-electron chi connectivity index (χ2n) is 6.33. The van der Waals surface area contributed by atoms with Gasteiger partial charge < -0.3 is 19.8 Å². The Balaban J connectivity index is 1.60. The Bertz CT molecular complexity index is 897. The average molecular weight is 389 g/mol. The van der Waals surface area contributed by atoms with Gasteiger partial charge in [0.25, 0.3) is 5.56 Å². The van der Waals surface area contributed by atoms with Gasteiger partial charge in [-0.2, -0.15) is 0 Å². The minimum Gasteiger partial charge on any atom is -0.486 e. The van der Waals surface area contributed by atoms with Gasteiger partial charge in [0.1, 0.15) is 13.2 Å². The lowest BCUT2D eigenvalue weighted by molar-refractivity contribution is -0.121. The molecule has 0 fully saturated rings. The van der Waals surface area contributed by atoms with E-state index < -0.39 is 0 Å². The number of benzene rings is 1. The maximum Gasteiger partial charge on any atom is 0.254 e. The van der Waals surface area contributed by atoms with Crippen LogP contribution in [0.15, 0.2) is 28.2 Å². The summed E-state index contributed by atoms with van der Waals surface area (Å²) < 4.78 is 11.1. The van der Waals surface area contributed by atoms with Crippen molar-refractivity contribution in [1.82, 2.24) is 15.3 Å². The number of aromatic nitrogens is 2. The van der Waals surface area contributed by atoms with Crippen molar-refractivity contribution in [2.75, 3.05) is 19.5 Å². The fourth-order valence-corrected chi connectivity index (χ4v) is 3.36. The topological polar surface area (TPSA) is 93.3 Å². The second kappa shape index (κ2) is 8.47. The molecule has 27 heavy (non-hydrogen) atoms. The third kappa shape index (κ3) is 4.63. The number of aromatic amines is 1. The third-order valence-corrected chi connectivity index (χ3v) is 5.02. The molecule has 8 heteroatoms. The molecule has 1 atom stereocenters. The van der Waals surface area contributed by atoms with Crippen molar-refractivity contribution < 1.29 is 14.3 Å². The van der Waals surface area contributed by atoms with Gasteiger partial charge in [-0.15, -0.1) is 0 Å². The molecule has 1 amide bonds. The highest BCUT2D eigenvalue weighted by Gasteiger charge is 2.16. The molecular formula is C19H23N3O4S. The van der Waals surface area contributed by atoms with E-state index in [1.807, 2.05) is 31.4 Å². The SMILES string of the molecule is CSc1nc(C)c(CCC(=O)N[C@H](C)c2ccc3c(c2)OCCO3)c(=O)[nH]1. The summed E-state index contributed by atoms with van der Waals surface area (Å²) in [5.41, 5.74) is 1.97. The smallest absolute Gasteiger partial charge is 0.254 e. The Morgan fingerprint density at radius 3 is 2.78 bits per heavy atom. The lowest BCUT2D eigenvalue weighted by Crippen LogP contribution is -2.28. The molecule has 0 unspecified atom stereocenters. The molecule has 1 aliphatic rings. The monoisotopic (exact) mass is 389 g/mol. The number of carbonyl (C=O) groups is 1. The molecule has 2 N–H and O–H groups in total. The first-order valence-electron chi connectivity index (χ1n) is 8.80. The molecule has 0 saturated carbocycles. The van der Waals surface area contributed by atoms with Gasteiger partial charge in [-0.3, -0.25) is 9.59 Å². The Hall–Kier alpha value is -2.48. The minimum absolute atomic E-state index is 0.120. The Kier molecular flexibility index (Phi) is 6.05. The number of amides is 1. The molecule has 3 rings (SSSR count). The number of hydrogen-bond donors (Lipinski definition) is 2. The Labute approximate surface area is 161 Å². The first-order chi connectivity index (χ1) is 13.0. The molecule has 7 nitrogen and oxygen atoms in total. The number of aryl methyl sites for hydroxylation is 1. The van der Waals surface area contributed by atoms with E-state index in [1.165, 1.54) is 11.8 Å². The fraction of sp³-hybridized carbons (Fsp3) is 0.421. The van der Waals surface area contributed by atoms with E-state index in [0.29, 0.717) is 41.8 Å². The largest absolute Gasteiger partial charge is 0.486 e. The van der Waals surface area contributed by atoms with E-state index >= 15 is 0 Å². The van der Waals surface area contributed by atoms with Gasteiger partial charge >= 0.3 is 0 Å². The van der Waals surface area contributed by atoms with Crippen molar-refractivity contribution in [1.29, 1.82) is 0 Å². The van der Waals surface area contributed by atoms with Crippen molar-refractivity contribution in [3.05, 3.63) is 45.4 Å². The van der Waals surface area contributed by atoms with Crippen molar-refractivity contribution in [2.24, 2.45) is 0 Å². The number of H-pyrrole nitrogens is 1. The van der Waals surface area contributed by atoms with Gasteiger partial charge in [-0.1, -0.05) is 17.8 Å². The third-order valence-electron chi connectivity index (χ3n) is 4.44. The summed E-state index contributed by atoms with van der Waals surface area (Å²) in [5, 5.41) is 3.54. The molecule has 0 bridgehead atoms. The van der Waals surface area contributed by atoms with Crippen LogP contribution in [0.1, 0.15) is 36.2 Å². The number of nitrogens with zero attached hydrogens (tertiary/aromatic N) is 1. The average Bonchev–Trinajstić information content (AvgIpc) is 2.66. The number of rotatable bonds is 6. The van der Waals surface area contributed by atoms with E-state index in [0.717, 1.165) is 11.3 Å². The molecule has 2 aromatic rings. The summed E-state index contributed by atoms with van der Waals surface area (Å²) in [4.78, 5) is 31.5. The van der Waals surface area contributed by atoms with Crippen LogP contribution < -0.4 is 20.3 Å². The predicted octanol–water partition coefficient (Wildman–Crippen LogP) is 2.38. The number of thioether (sulfide) groups is 1. The van der Waals surface area contributed by atoms with Gasteiger partial charge in [-0.05, 0) is 44.2 Å². The van der Waals surface area contributed by atoms with Crippen LogP contribution in [-0.4, -0.2) is 35.3 Å². The summed E-state index contributed by atoms with van der Waals surface area (Å²) in [6.07, 6.45) is 2.42. The lowest BCUT2D eigenvalue weighted by atomic mass is 10.1. The quantitative estimate of drug-likeness (QED) is 0.582. The van der Waals surface area contributed by atoms with E-state index in [9.17, 15) is 9.59 Å². The Morgan fingerprint density at radius 1 is 1.33 bits per heavy atom. The first kappa shape index (κ1) is 19.3. The molecule has 0 spiro atoms. The molecule has 2 heterocycles. The molecule has 0 saturated heterocycles. The predicted molar refractivity (Wildman–Crippen MR) is 104 cm³/mol. The van der Waals surface area contributed by atoms with E-state index in [-0.39, 0.29) is 23.9 Å². The van der Waals surface area contributed by atoms with Crippen molar-refractivity contribution in [3.63, 3.8) is 0 Å². The molecule has 0 radical (unpaired) electrons. The molecule has 1 aromatic carbocycles. The van der Waals surface area contributed by atoms with Crippen LogP contribution in [-0.2, 0) is 11.2 Å². The highest BCUT2D eigenvalue weighted by molar-refractivity contribution is 7.98. The van der Waals surface area contributed by atoms with Crippen LogP contribution in [0.3, 0.4) is 0 Å². The number of ether oxygens (including phenoxy) is 2. The van der Waals surface area contributed by atoms with Crippen LogP contribution in [0.25, 0.3) is 0 Å². The second-order valence-corrected chi connectivity index (χ2v) is 7.13. The molecule has 0 aliphatic carbocycles. The van der Waals surface area contributed by atoms with E-state index in [1.54, 1.807) is 6.92 Å². The zero-order chi connectivity index (χ0) is 19.4. The van der Waals surface area contributed by atoms with Gasteiger partial charge in [0, 0.05) is 17.7 Å². The maximum absolute atomic E-state index is 12.3. The normalized spacial score (nSPS) is 13.9. The first-order valence-corrected chi connectivity index (χ1v) is 10.0. The summed E-state index contributed by atoms with van der Waals surface area (Å²) in [6.45, 7) is 4.77. The van der Waals surface area contributed by atoms with Gasteiger partial charge in [0.05, 0.1) is 6.04 Å². The van der Waals surface area contributed by atoms with Crippen molar-refractivity contribution >= 4 is 17.7 Å². The van der Waals surface area contributed by atoms with Gasteiger partial charge in [0.15, 0.2) is 16.7 Å². The summed E-state index contributed by atoms with van der Waals surface area (Å²) in [5.74, 6) is 1.30. The summed E-state index contributed by atoms with van der Waals surface area (Å²) in [7, 11) is 0. The highest BCUT2D eigenvalue weighted by Crippen LogP contribution is 2.32. The molecule has 144 valence electrons. The fourth-order valence-electron chi connectivity index (χ4n) is 2.94. The number of carbonyl (C=O) groups excluding carboxylic acids is 1. The molecular weight excluding hydrogens is 366 g/mol. The van der Waals surface area contributed by atoms with E-state index in [2.05, 4.69) is 15.3 Å². The standard InChI is InChI=1S/C19H23N3O4S/c1-11(13-4-6-15-16(10-13)26-9-8-25-15)20-17(23)7-5-14-12(2)21-19(27-3)22-18(14)24/h4,6,10-11H,5,7-9H2,1-3H3,(H,20,23)(H,21,22,24)/t11-/m1/s1. The van der Waals surface area contributed by atoms with Gasteiger partial charge in [0.2, 0.25) is 5.91 Å². The zero-order valence-corrected chi connectivity index (χ0v) is 16.4. The van der Waals surface area contributed by atoms with Crippen molar-refractivity contribution in [3.8, 4) is 11.5 Å². The zero-order valence-electron chi connectivity index (χ0n) is 15.6. The van der Waals surface area contributed by atoms with Crippen LogP contribution in [0, 0.1) is 6.92 Å². The minimum atomic E-state index is -0.181. The maximum atomic E-state index is 12.3. The lowest BCUT2D eigenvalue weighted by Gasteiger charge is -2.21. The summed E-state index contributed by atoms with van der Waals surface area (Å²) >= 11 is 1.38. The number of nitrogens with one attached hydrogen (secondary N) is 2. The van der Waals surface area contributed by atoms with Crippen LogP contribution in [0.4, 0.5) is 0 Å². The highest BCUT2D eigenvalue weighted by atomic mass is 32.2. The molecule has 1 aromatic heterocycles. The number of hydrogen-bond acceptors (Lipinski definition) is 6. The Morgan fingerprint density at radius 2 is 2.07 bits per heavy atom. The van der Waals surface area contributed by atoms with Crippen LogP contribution >= 0.6 is 11.8 Å². The number of fused-ring (bicyclic) bond motifs is 1. The molecule has 1 aliphatic heterocycles. The van der Waals surface area contributed by atoms with Crippen LogP contribution in [0.2, 0.25) is 0 Å². The van der Waals surface area contributed by atoms with Gasteiger partial charge in [-0.25, -0.2) is 4.98 Å².